The van der Waals surface area contributed by atoms with Gasteiger partial charge < -0.3 is 9.84 Å². The van der Waals surface area contributed by atoms with Crippen LogP contribution in [0.1, 0.15) is 43.4 Å². The van der Waals surface area contributed by atoms with Gasteiger partial charge in [0.05, 0.1) is 16.6 Å². The van der Waals surface area contributed by atoms with Crippen molar-refractivity contribution in [3.8, 4) is 5.75 Å². The number of hydrogen-bond acceptors (Lipinski definition) is 3. The number of benzene rings is 2. The molecule has 0 radical (unpaired) electrons. The molecule has 1 aromatic heterocycles. The van der Waals surface area contributed by atoms with Crippen LogP contribution < -0.4 is 4.74 Å². The van der Waals surface area contributed by atoms with Crippen molar-refractivity contribution < 1.29 is 14.6 Å². The first-order valence-electron chi connectivity index (χ1n) is 9.49. The van der Waals surface area contributed by atoms with E-state index < -0.39 is 11.4 Å². The second-order valence-electron chi connectivity index (χ2n) is 7.26. The second kappa shape index (κ2) is 7.39. The first-order valence-corrected chi connectivity index (χ1v) is 9.49. The molecule has 0 amide bonds. The highest BCUT2D eigenvalue weighted by atomic mass is 16.5. The molecule has 3 aromatic rings. The quantitative estimate of drug-likeness (QED) is 0.687. The number of nitrogens with zero attached hydrogens (tertiary/aromatic N) is 1. The van der Waals surface area contributed by atoms with Crippen molar-refractivity contribution in [1.82, 2.24) is 4.98 Å². The van der Waals surface area contributed by atoms with Crippen LogP contribution in [0.5, 0.6) is 5.75 Å². The van der Waals surface area contributed by atoms with Crippen LogP contribution in [-0.4, -0.2) is 16.1 Å². The van der Waals surface area contributed by atoms with Gasteiger partial charge in [-0.05, 0) is 42.7 Å². The lowest BCUT2D eigenvalue weighted by atomic mass is 9.69. The van der Waals surface area contributed by atoms with E-state index in [1.165, 1.54) is 0 Å². The lowest BCUT2D eigenvalue weighted by Gasteiger charge is -2.33. The maximum absolute atomic E-state index is 11.9. The van der Waals surface area contributed by atoms with Gasteiger partial charge in [-0.2, -0.15) is 0 Å². The van der Waals surface area contributed by atoms with Gasteiger partial charge in [0.2, 0.25) is 0 Å². The Morgan fingerprint density at radius 1 is 0.963 bits per heavy atom. The highest BCUT2D eigenvalue weighted by Crippen LogP contribution is 2.40. The third-order valence-electron chi connectivity index (χ3n) is 5.57. The Morgan fingerprint density at radius 3 is 2.44 bits per heavy atom. The Labute approximate surface area is 158 Å². The lowest BCUT2D eigenvalue weighted by molar-refractivity contribution is -0.145. The monoisotopic (exact) mass is 361 g/mol. The minimum Gasteiger partial charge on any atom is -0.487 e. The fourth-order valence-corrected chi connectivity index (χ4v) is 4.00. The van der Waals surface area contributed by atoms with Gasteiger partial charge in [0.25, 0.3) is 0 Å². The Morgan fingerprint density at radius 2 is 1.70 bits per heavy atom. The summed E-state index contributed by atoms with van der Waals surface area (Å²) in [4.78, 5) is 16.6. The number of fused-ring (bicyclic) bond motifs is 1. The van der Waals surface area contributed by atoms with Crippen LogP contribution in [0.4, 0.5) is 0 Å². The molecular weight excluding hydrogens is 338 g/mol. The second-order valence-corrected chi connectivity index (χ2v) is 7.26. The van der Waals surface area contributed by atoms with Gasteiger partial charge >= 0.3 is 5.97 Å². The smallest absolute Gasteiger partial charge is 0.314 e. The molecule has 0 saturated heterocycles. The van der Waals surface area contributed by atoms with Gasteiger partial charge in [0.1, 0.15) is 12.4 Å². The molecule has 0 aliphatic heterocycles. The van der Waals surface area contributed by atoms with Gasteiger partial charge in [0.15, 0.2) is 0 Å². The standard InChI is InChI=1S/C23H23NO3/c25-22(26)23(14-4-1-5-15-23)18-9-12-20(13-10-18)27-16-19-11-8-17-6-2-3-7-21(17)24-19/h2-3,6-13H,1,4-5,14-16H2,(H,25,26). The van der Waals surface area contributed by atoms with Gasteiger partial charge in [0, 0.05) is 5.39 Å². The third kappa shape index (κ3) is 3.52. The third-order valence-corrected chi connectivity index (χ3v) is 5.57. The van der Waals surface area contributed by atoms with E-state index in [0.717, 1.165) is 47.2 Å². The Kier molecular flexibility index (Phi) is 4.80. The summed E-state index contributed by atoms with van der Waals surface area (Å²) in [5.41, 5.74) is 1.96. The molecule has 1 fully saturated rings. The molecule has 2 aromatic carbocycles. The molecule has 0 spiro atoms. The maximum atomic E-state index is 11.9. The first kappa shape index (κ1) is 17.5. The molecule has 4 heteroatoms. The average molecular weight is 361 g/mol. The summed E-state index contributed by atoms with van der Waals surface area (Å²) in [5.74, 6) is 0.0151. The van der Waals surface area contributed by atoms with Crippen LogP contribution in [0, 0.1) is 0 Å². The predicted molar refractivity (Wildman–Crippen MR) is 105 cm³/mol. The number of ether oxygens (including phenoxy) is 1. The van der Waals surface area contributed by atoms with E-state index in [-0.39, 0.29) is 0 Å². The van der Waals surface area contributed by atoms with Gasteiger partial charge in [-0.3, -0.25) is 4.79 Å². The summed E-state index contributed by atoms with van der Waals surface area (Å²) in [6.07, 6.45) is 4.48. The largest absolute Gasteiger partial charge is 0.487 e. The number of hydrogen-bond donors (Lipinski definition) is 1. The van der Waals surface area contributed by atoms with Gasteiger partial charge in [-0.25, -0.2) is 4.98 Å². The van der Waals surface area contributed by atoms with Gasteiger partial charge in [-0.1, -0.05) is 55.7 Å². The number of pyridine rings is 1. The van der Waals surface area contributed by atoms with Crippen molar-refractivity contribution in [3.63, 3.8) is 0 Å². The number of rotatable bonds is 5. The molecule has 1 aliphatic rings. The summed E-state index contributed by atoms with van der Waals surface area (Å²) < 4.78 is 5.87. The average Bonchev–Trinajstić information content (AvgIpc) is 2.73. The van der Waals surface area contributed by atoms with Crippen molar-refractivity contribution in [3.05, 3.63) is 71.9 Å². The Balaban J connectivity index is 1.47. The highest BCUT2D eigenvalue weighted by molar-refractivity contribution is 5.81. The summed E-state index contributed by atoms with van der Waals surface area (Å²) >= 11 is 0. The maximum Gasteiger partial charge on any atom is 0.314 e. The predicted octanol–water partition coefficient (Wildman–Crippen LogP) is 5.10. The first-order chi connectivity index (χ1) is 13.2. The molecule has 1 aliphatic carbocycles. The molecule has 4 rings (SSSR count). The molecule has 0 bridgehead atoms. The summed E-state index contributed by atoms with van der Waals surface area (Å²) in [6, 6.07) is 19.6. The van der Waals surface area contributed by atoms with Crippen molar-refractivity contribution in [2.75, 3.05) is 0 Å². The molecule has 1 N–H and O–H groups in total. The molecular formula is C23H23NO3. The van der Waals surface area contributed by atoms with Gasteiger partial charge in [-0.15, -0.1) is 0 Å². The molecule has 4 nitrogen and oxygen atoms in total. The minimum atomic E-state index is -0.739. The van der Waals surface area contributed by atoms with Crippen LogP contribution >= 0.6 is 0 Å². The van der Waals surface area contributed by atoms with Crippen molar-refractivity contribution in [2.45, 2.75) is 44.1 Å². The van der Waals surface area contributed by atoms with E-state index in [0.29, 0.717) is 19.4 Å². The SMILES string of the molecule is O=C(O)C1(c2ccc(OCc3ccc4ccccc4n3)cc2)CCCCC1. The van der Waals surface area contributed by atoms with E-state index in [1.54, 1.807) is 0 Å². The van der Waals surface area contributed by atoms with Crippen molar-refractivity contribution in [1.29, 1.82) is 0 Å². The lowest BCUT2D eigenvalue weighted by Crippen LogP contribution is -2.37. The number of carbonyl (C=O) groups is 1. The number of aliphatic carboxylic acids is 1. The van der Waals surface area contributed by atoms with Crippen LogP contribution in [0.2, 0.25) is 0 Å². The topological polar surface area (TPSA) is 59.4 Å². The molecule has 138 valence electrons. The van der Waals surface area contributed by atoms with E-state index >= 15 is 0 Å². The number of para-hydroxylation sites is 1. The minimum absolute atomic E-state index is 0.383. The molecule has 1 saturated carbocycles. The molecule has 1 heterocycles. The van der Waals surface area contributed by atoms with E-state index in [2.05, 4.69) is 4.98 Å². The van der Waals surface area contributed by atoms with E-state index in [9.17, 15) is 9.90 Å². The fourth-order valence-electron chi connectivity index (χ4n) is 4.00. The zero-order valence-corrected chi connectivity index (χ0v) is 15.2. The summed E-state index contributed by atoms with van der Waals surface area (Å²) in [7, 11) is 0. The van der Waals surface area contributed by atoms with Crippen molar-refractivity contribution >= 4 is 16.9 Å². The van der Waals surface area contributed by atoms with Crippen LogP contribution in [0.25, 0.3) is 10.9 Å². The zero-order chi connectivity index (χ0) is 18.7. The van der Waals surface area contributed by atoms with Crippen molar-refractivity contribution in [2.24, 2.45) is 0 Å². The normalized spacial score (nSPS) is 16.1. The van der Waals surface area contributed by atoms with Crippen LogP contribution in [0.15, 0.2) is 60.7 Å². The zero-order valence-electron chi connectivity index (χ0n) is 15.2. The molecule has 27 heavy (non-hydrogen) atoms. The van der Waals surface area contributed by atoms with Crippen LogP contribution in [0.3, 0.4) is 0 Å². The summed E-state index contributed by atoms with van der Waals surface area (Å²) in [6.45, 7) is 0.383. The highest BCUT2D eigenvalue weighted by Gasteiger charge is 2.41. The fraction of sp³-hybridized carbons (Fsp3) is 0.304. The Hall–Kier alpha value is -2.88. The number of aromatic nitrogens is 1. The number of carboxylic acid groups (broad SMARTS) is 1. The van der Waals surface area contributed by atoms with Crippen LogP contribution in [-0.2, 0) is 16.8 Å². The van der Waals surface area contributed by atoms with E-state index in [4.69, 9.17) is 4.74 Å². The summed E-state index contributed by atoms with van der Waals surface area (Å²) in [5, 5.41) is 10.9. The Bertz CT molecular complexity index is 943. The number of carboxylic acids is 1. The molecule has 0 atom stereocenters. The molecule has 0 unspecified atom stereocenters. The van der Waals surface area contributed by atoms with E-state index in [1.807, 2.05) is 60.7 Å².